The number of fused-ring (bicyclic) bond motifs is 1. The Morgan fingerprint density at radius 3 is 2.67 bits per heavy atom. The predicted octanol–water partition coefficient (Wildman–Crippen LogP) is 1.78. The molecule has 2 aliphatic rings. The largest absolute Gasteiger partial charge is 0.483 e. The number of aromatic nitrogens is 3. The SMILES string of the molecule is Cc1cccc(C)c1OCC(=O)N1CCC(c2nnc3n2CCNC3)CC1. The minimum Gasteiger partial charge on any atom is -0.483 e. The summed E-state index contributed by atoms with van der Waals surface area (Å²) in [5.74, 6) is 3.38. The number of hydrogen-bond acceptors (Lipinski definition) is 5. The number of amides is 1. The number of nitrogens with one attached hydrogen (secondary N) is 1. The maximum atomic E-state index is 12.6. The molecule has 1 N–H and O–H groups in total. The van der Waals surface area contributed by atoms with Crippen LogP contribution in [0, 0.1) is 13.8 Å². The molecule has 4 rings (SSSR count). The van der Waals surface area contributed by atoms with Crippen LogP contribution in [0.3, 0.4) is 0 Å². The molecule has 27 heavy (non-hydrogen) atoms. The molecular formula is C20H27N5O2. The van der Waals surface area contributed by atoms with Crippen LogP contribution in [0.15, 0.2) is 18.2 Å². The van der Waals surface area contributed by atoms with Gasteiger partial charge in [-0.05, 0) is 37.8 Å². The zero-order valence-electron chi connectivity index (χ0n) is 16.1. The minimum absolute atomic E-state index is 0.0589. The highest BCUT2D eigenvalue weighted by atomic mass is 16.5. The van der Waals surface area contributed by atoms with Gasteiger partial charge in [-0.1, -0.05) is 18.2 Å². The number of likely N-dealkylation sites (tertiary alicyclic amines) is 1. The highest BCUT2D eigenvalue weighted by Crippen LogP contribution is 2.28. The second-order valence-corrected chi connectivity index (χ2v) is 7.47. The molecule has 0 unspecified atom stereocenters. The predicted molar refractivity (Wildman–Crippen MR) is 102 cm³/mol. The van der Waals surface area contributed by atoms with Gasteiger partial charge in [-0.3, -0.25) is 4.79 Å². The molecule has 0 atom stereocenters. The van der Waals surface area contributed by atoms with Crippen molar-refractivity contribution in [3.63, 3.8) is 0 Å². The average molecular weight is 369 g/mol. The van der Waals surface area contributed by atoms with Crippen LogP contribution in [-0.2, 0) is 17.9 Å². The Bertz CT molecular complexity index is 804. The Balaban J connectivity index is 1.32. The lowest BCUT2D eigenvalue weighted by atomic mass is 9.95. The molecule has 1 amide bonds. The standard InChI is InChI=1S/C20H27N5O2/c1-14-4-3-5-15(2)19(14)27-13-18(26)24-9-6-16(7-10-24)20-23-22-17-12-21-8-11-25(17)20/h3-5,16,21H,6-13H2,1-2H3. The molecule has 0 saturated carbocycles. The van der Waals surface area contributed by atoms with Gasteiger partial charge in [0.25, 0.3) is 5.91 Å². The number of benzene rings is 1. The number of hydrogen-bond donors (Lipinski definition) is 1. The molecule has 2 aromatic rings. The van der Waals surface area contributed by atoms with Gasteiger partial charge in [0.15, 0.2) is 6.61 Å². The number of nitrogens with zero attached hydrogens (tertiary/aromatic N) is 4. The molecule has 0 bridgehead atoms. The van der Waals surface area contributed by atoms with Gasteiger partial charge < -0.3 is 19.5 Å². The molecule has 1 saturated heterocycles. The van der Waals surface area contributed by atoms with Crippen LogP contribution >= 0.6 is 0 Å². The smallest absolute Gasteiger partial charge is 0.260 e. The van der Waals surface area contributed by atoms with Crippen LogP contribution in [0.2, 0.25) is 0 Å². The quantitative estimate of drug-likeness (QED) is 0.889. The van der Waals surface area contributed by atoms with Crippen LogP contribution < -0.4 is 10.1 Å². The summed E-state index contributed by atoms with van der Waals surface area (Å²) in [7, 11) is 0. The van der Waals surface area contributed by atoms with Crippen molar-refractivity contribution in [1.29, 1.82) is 0 Å². The molecule has 3 heterocycles. The molecule has 2 aliphatic heterocycles. The van der Waals surface area contributed by atoms with Crippen molar-refractivity contribution in [1.82, 2.24) is 25.0 Å². The average Bonchev–Trinajstić information content (AvgIpc) is 3.12. The molecule has 0 spiro atoms. The summed E-state index contributed by atoms with van der Waals surface area (Å²) >= 11 is 0. The van der Waals surface area contributed by atoms with E-state index in [-0.39, 0.29) is 12.5 Å². The summed E-state index contributed by atoms with van der Waals surface area (Å²) in [5.41, 5.74) is 2.13. The molecule has 1 aromatic carbocycles. The van der Waals surface area contributed by atoms with E-state index in [0.29, 0.717) is 5.92 Å². The van der Waals surface area contributed by atoms with Crippen molar-refractivity contribution in [3.05, 3.63) is 41.0 Å². The number of carbonyl (C=O) groups is 1. The number of ether oxygens (including phenoxy) is 1. The van der Waals surface area contributed by atoms with Crippen molar-refractivity contribution in [2.75, 3.05) is 26.2 Å². The van der Waals surface area contributed by atoms with E-state index in [9.17, 15) is 4.79 Å². The fraction of sp³-hybridized carbons (Fsp3) is 0.550. The summed E-state index contributed by atoms with van der Waals surface area (Å²) in [5, 5.41) is 12.1. The third-order valence-corrected chi connectivity index (χ3v) is 5.61. The topological polar surface area (TPSA) is 72.3 Å². The van der Waals surface area contributed by atoms with Crippen molar-refractivity contribution >= 4 is 5.91 Å². The first-order valence-electron chi connectivity index (χ1n) is 9.73. The Labute approximate surface area is 159 Å². The van der Waals surface area contributed by atoms with E-state index in [4.69, 9.17) is 4.74 Å². The summed E-state index contributed by atoms with van der Waals surface area (Å²) in [6, 6.07) is 6.02. The lowest BCUT2D eigenvalue weighted by Crippen LogP contribution is -2.41. The Hall–Kier alpha value is -2.41. The molecule has 7 nitrogen and oxygen atoms in total. The van der Waals surface area contributed by atoms with Gasteiger partial charge in [-0.2, -0.15) is 0 Å². The van der Waals surface area contributed by atoms with Crippen LogP contribution in [0.5, 0.6) is 5.75 Å². The van der Waals surface area contributed by atoms with Crippen LogP contribution in [0.4, 0.5) is 0 Å². The minimum atomic E-state index is 0.0589. The Morgan fingerprint density at radius 2 is 1.93 bits per heavy atom. The molecule has 1 fully saturated rings. The van der Waals surface area contributed by atoms with E-state index >= 15 is 0 Å². The number of carbonyl (C=O) groups excluding carboxylic acids is 1. The summed E-state index contributed by atoms with van der Waals surface area (Å²) < 4.78 is 8.08. The van der Waals surface area contributed by atoms with Crippen LogP contribution in [0.1, 0.15) is 41.5 Å². The monoisotopic (exact) mass is 369 g/mol. The first-order valence-corrected chi connectivity index (χ1v) is 9.73. The normalized spacial score (nSPS) is 17.6. The van der Waals surface area contributed by atoms with Crippen LogP contribution in [0.25, 0.3) is 0 Å². The van der Waals surface area contributed by atoms with E-state index in [0.717, 1.165) is 74.1 Å². The molecule has 1 aromatic heterocycles. The van der Waals surface area contributed by atoms with Crippen molar-refractivity contribution in [2.24, 2.45) is 0 Å². The molecule has 0 radical (unpaired) electrons. The Kier molecular flexibility index (Phi) is 5.11. The number of aryl methyl sites for hydroxylation is 2. The maximum absolute atomic E-state index is 12.6. The van der Waals surface area contributed by atoms with Gasteiger partial charge in [-0.25, -0.2) is 0 Å². The van der Waals surface area contributed by atoms with Gasteiger partial charge in [-0.15, -0.1) is 10.2 Å². The fourth-order valence-electron chi connectivity index (χ4n) is 4.06. The molecular weight excluding hydrogens is 342 g/mol. The third kappa shape index (κ3) is 3.69. The second kappa shape index (κ2) is 7.68. The van der Waals surface area contributed by atoms with E-state index in [1.54, 1.807) is 0 Å². The van der Waals surface area contributed by atoms with Crippen molar-refractivity contribution in [2.45, 2.75) is 45.7 Å². The summed E-state index contributed by atoms with van der Waals surface area (Å²) in [4.78, 5) is 14.5. The zero-order valence-corrected chi connectivity index (χ0v) is 16.1. The maximum Gasteiger partial charge on any atom is 0.260 e. The zero-order chi connectivity index (χ0) is 18.8. The van der Waals surface area contributed by atoms with E-state index in [1.807, 2.05) is 36.9 Å². The van der Waals surface area contributed by atoms with E-state index in [1.165, 1.54) is 0 Å². The van der Waals surface area contributed by atoms with Gasteiger partial charge in [0, 0.05) is 32.1 Å². The van der Waals surface area contributed by atoms with E-state index in [2.05, 4.69) is 20.1 Å². The molecule has 144 valence electrons. The fourth-order valence-corrected chi connectivity index (χ4v) is 4.06. The number of piperidine rings is 1. The van der Waals surface area contributed by atoms with Gasteiger partial charge in [0.05, 0.1) is 6.54 Å². The molecule has 7 heteroatoms. The molecule has 0 aliphatic carbocycles. The van der Waals surface area contributed by atoms with Crippen LogP contribution in [-0.4, -0.2) is 51.8 Å². The lowest BCUT2D eigenvalue weighted by molar-refractivity contribution is -0.134. The number of para-hydroxylation sites is 1. The summed E-state index contributed by atoms with van der Waals surface area (Å²) in [6.07, 6.45) is 1.86. The van der Waals surface area contributed by atoms with Gasteiger partial charge in [0.2, 0.25) is 0 Å². The second-order valence-electron chi connectivity index (χ2n) is 7.47. The first-order chi connectivity index (χ1) is 13.1. The number of rotatable bonds is 4. The van der Waals surface area contributed by atoms with Gasteiger partial charge in [0.1, 0.15) is 17.4 Å². The highest BCUT2D eigenvalue weighted by Gasteiger charge is 2.28. The third-order valence-electron chi connectivity index (χ3n) is 5.61. The van der Waals surface area contributed by atoms with Crippen molar-refractivity contribution < 1.29 is 9.53 Å². The first kappa shape index (κ1) is 18.0. The lowest BCUT2D eigenvalue weighted by Gasteiger charge is -2.32. The Morgan fingerprint density at radius 1 is 1.19 bits per heavy atom. The van der Waals surface area contributed by atoms with E-state index < -0.39 is 0 Å². The van der Waals surface area contributed by atoms with Crippen molar-refractivity contribution in [3.8, 4) is 5.75 Å². The van der Waals surface area contributed by atoms with Gasteiger partial charge >= 0.3 is 0 Å². The highest BCUT2D eigenvalue weighted by molar-refractivity contribution is 5.78. The summed E-state index contributed by atoms with van der Waals surface area (Å²) in [6.45, 7) is 8.30.